The van der Waals surface area contributed by atoms with Gasteiger partial charge in [0, 0.05) is 28.8 Å². The van der Waals surface area contributed by atoms with Gasteiger partial charge in [0.2, 0.25) is 0 Å². The van der Waals surface area contributed by atoms with Crippen LogP contribution in [0.1, 0.15) is 0 Å². The monoisotopic (exact) mass is 223 g/mol. The molecule has 2 rings (SSSR count). The summed E-state index contributed by atoms with van der Waals surface area (Å²) in [6, 6.07) is 3.96. The van der Waals surface area contributed by atoms with Crippen LogP contribution in [0.2, 0.25) is 0 Å². The van der Waals surface area contributed by atoms with Gasteiger partial charge in [-0.05, 0) is 12.1 Å². The minimum atomic E-state index is 0.727. The van der Waals surface area contributed by atoms with Gasteiger partial charge in [0.25, 0.3) is 0 Å². The van der Waals surface area contributed by atoms with Gasteiger partial charge < -0.3 is 10.5 Å². The first-order valence-electron chi connectivity index (χ1n) is 4.65. The maximum atomic E-state index is 5.92. The topological polar surface area (TPSA) is 63.9 Å². The van der Waals surface area contributed by atoms with Gasteiger partial charge in [-0.2, -0.15) is 5.10 Å². The number of rotatable bonds is 4. The van der Waals surface area contributed by atoms with Crippen molar-refractivity contribution in [2.24, 2.45) is 0 Å². The normalized spacial score (nSPS) is 11.0. The van der Waals surface area contributed by atoms with Crippen LogP contribution < -0.4 is 5.73 Å². The standard InChI is InChI=1S/C10H13N3OS/c1-14-2-3-15-10-5-9-7(4-8(10)11)6-12-13-9/h4-6H,2-3,11H2,1H3,(H,12,13). The van der Waals surface area contributed by atoms with Crippen LogP contribution in [0.4, 0.5) is 5.69 Å². The minimum Gasteiger partial charge on any atom is -0.398 e. The third kappa shape index (κ3) is 2.24. The SMILES string of the molecule is COCCSc1cc2[nH]ncc2cc1N. The molecule has 4 nitrogen and oxygen atoms in total. The van der Waals surface area contributed by atoms with Crippen LogP contribution >= 0.6 is 11.8 Å². The number of aromatic amines is 1. The van der Waals surface area contributed by atoms with E-state index < -0.39 is 0 Å². The molecular weight excluding hydrogens is 210 g/mol. The second kappa shape index (κ2) is 4.55. The van der Waals surface area contributed by atoms with Crippen LogP contribution in [0.3, 0.4) is 0 Å². The molecule has 0 aliphatic carbocycles. The summed E-state index contributed by atoms with van der Waals surface area (Å²) in [5, 5.41) is 7.94. The van der Waals surface area contributed by atoms with E-state index in [0.29, 0.717) is 0 Å². The van der Waals surface area contributed by atoms with Crippen LogP contribution in [-0.4, -0.2) is 29.7 Å². The summed E-state index contributed by atoms with van der Waals surface area (Å²) in [5.41, 5.74) is 7.74. The molecule has 3 N–H and O–H groups in total. The highest BCUT2D eigenvalue weighted by Gasteiger charge is 2.03. The summed E-state index contributed by atoms with van der Waals surface area (Å²) in [7, 11) is 1.70. The Hall–Kier alpha value is -1.20. The first kappa shape index (κ1) is 10.3. The van der Waals surface area contributed by atoms with Crippen molar-refractivity contribution in [1.29, 1.82) is 0 Å². The predicted molar refractivity (Wildman–Crippen MR) is 63.1 cm³/mol. The molecule has 0 saturated heterocycles. The van der Waals surface area contributed by atoms with Crippen LogP contribution in [0, 0.1) is 0 Å². The average molecular weight is 223 g/mol. The van der Waals surface area contributed by atoms with Crippen LogP contribution in [0.25, 0.3) is 10.9 Å². The van der Waals surface area contributed by atoms with E-state index in [2.05, 4.69) is 10.2 Å². The van der Waals surface area contributed by atoms with Crippen molar-refractivity contribution < 1.29 is 4.74 Å². The molecule has 2 aromatic rings. The Morgan fingerprint density at radius 1 is 1.53 bits per heavy atom. The molecule has 0 aliphatic heterocycles. The molecule has 1 aromatic carbocycles. The third-order valence-corrected chi connectivity index (χ3v) is 3.15. The van der Waals surface area contributed by atoms with E-state index >= 15 is 0 Å². The van der Waals surface area contributed by atoms with Crippen molar-refractivity contribution in [2.75, 3.05) is 25.2 Å². The Balaban J connectivity index is 2.22. The van der Waals surface area contributed by atoms with E-state index in [-0.39, 0.29) is 0 Å². The van der Waals surface area contributed by atoms with Gasteiger partial charge in [0.05, 0.1) is 18.3 Å². The highest BCUT2D eigenvalue weighted by atomic mass is 32.2. The lowest BCUT2D eigenvalue weighted by molar-refractivity contribution is 0.218. The lowest BCUT2D eigenvalue weighted by atomic mass is 10.2. The Labute approximate surface area is 92.2 Å². The molecule has 5 heteroatoms. The van der Waals surface area contributed by atoms with Crippen LogP contribution in [0.5, 0.6) is 0 Å². The zero-order chi connectivity index (χ0) is 10.7. The second-order valence-corrected chi connectivity index (χ2v) is 4.33. The average Bonchev–Trinajstić information content (AvgIpc) is 2.65. The van der Waals surface area contributed by atoms with Crippen molar-refractivity contribution in [3.05, 3.63) is 18.3 Å². The molecular formula is C10H13N3OS. The van der Waals surface area contributed by atoms with E-state index in [9.17, 15) is 0 Å². The summed E-state index contributed by atoms with van der Waals surface area (Å²) in [6.07, 6.45) is 1.77. The molecule has 0 bridgehead atoms. The van der Waals surface area contributed by atoms with Crippen molar-refractivity contribution in [3.8, 4) is 0 Å². The van der Waals surface area contributed by atoms with Crippen molar-refractivity contribution in [2.45, 2.75) is 4.90 Å². The highest BCUT2D eigenvalue weighted by molar-refractivity contribution is 7.99. The number of methoxy groups -OCH3 is 1. The molecule has 0 unspecified atom stereocenters. The van der Waals surface area contributed by atoms with E-state index in [1.807, 2.05) is 12.1 Å². The smallest absolute Gasteiger partial charge is 0.0662 e. The molecule has 0 spiro atoms. The fourth-order valence-corrected chi connectivity index (χ4v) is 2.25. The molecule has 15 heavy (non-hydrogen) atoms. The zero-order valence-corrected chi connectivity index (χ0v) is 9.30. The summed E-state index contributed by atoms with van der Waals surface area (Å²) in [6.45, 7) is 0.727. The molecule has 0 atom stereocenters. The number of nitrogens with one attached hydrogen (secondary N) is 1. The van der Waals surface area contributed by atoms with E-state index in [0.717, 1.165) is 33.8 Å². The summed E-state index contributed by atoms with van der Waals surface area (Å²) in [4.78, 5) is 1.07. The van der Waals surface area contributed by atoms with Gasteiger partial charge in [-0.25, -0.2) is 0 Å². The molecule has 0 aliphatic rings. The van der Waals surface area contributed by atoms with Crippen LogP contribution in [-0.2, 0) is 4.74 Å². The predicted octanol–water partition coefficient (Wildman–Crippen LogP) is 1.88. The Morgan fingerprint density at radius 2 is 2.40 bits per heavy atom. The fourth-order valence-electron chi connectivity index (χ4n) is 1.35. The number of nitrogen functional groups attached to an aromatic ring is 1. The number of H-pyrrole nitrogens is 1. The maximum Gasteiger partial charge on any atom is 0.0662 e. The molecule has 0 fully saturated rings. The van der Waals surface area contributed by atoms with Crippen molar-refractivity contribution in [1.82, 2.24) is 10.2 Å². The summed E-state index contributed by atoms with van der Waals surface area (Å²) < 4.78 is 4.99. The number of aromatic nitrogens is 2. The number of fused-ring (bicyclic) bond motifs is 1. The lowest BCUT2D eigenvalue weighted by Gasteiger charge is -2.04. The van der Waals surface area contributed by atoms with Gasteiger partial charge >= 0.3 is 0 Å². The number of anilines is 1. The fraction of sp³-hybridized carbons (Fsp3) is 0.300. The van der Waals surface area contributed by atoms with Gasteiger partial charge in [0.15, 0.2) is 0 Å². The van der Waals surface area contributed by atoms with Crippen molar-refractivity contribution >= 4 is 28.4 Å². The van der Waals surface area contributed by atoms with Gasteiger partial charge in [-0.1, -0.05) is 0 Å². The van der Waals surface area contributed by atoms with Gasteiger partial charge in [-0.3, -0.25) is 5.10 Å². The quantitative estimate of drug-likeness (QED) is 0.472. The molecule has 0 radical (unpaired) electrons. The summed E-state index contributed by atoms with van der Waals surface area (Å²) in [5.74, 6) is 0.903. The summed E-state index contributed by atoms with van der Waals surface area (Å²) >= 11 is 1.69. The second-order valence-electron chi connectivity index (χ2n) is 3.19. The van der Waals surface area contributed by atoms with Crippen molar-refractivity contribution in [3.63, 3.8) is 0 Å². The molecule has 0 saturated carbocycles. The Kier molecular flexibility index (Phi) is 3.13. The number of nitrogens with zero attached hydrogens (tertiary/aromatic N) is 1. The third-order valence-electron chi connectivity index (χ3n) is 2.12. The first-order chi connectivity index (χ1) is 7.31. The lowest BCUT2D eigenvalue weighted by Crippen LogP contribution is -1.94. The van der Waals surface area contributed by atoms with Crippen LogP contribution in [0.15, 0.2) is 23.2 Å². The number of ether oxygens (including phenoxy) is 1. The molecule has 1 heterocycles. The maximum absolute atomic E-state index is 5.92. The number of hydrogen-bond acceptors (Lipinski definition) is 4. The Bertz CT molecular complexity index is 455. The number of benzene rings is 1. The Morgan fingerprint density at radius 3 is 3.20 bits per heavy atom. The van der Waals surface area contributed by atoms with Gasteiger partial charge in [-0.15, -0.1) is 11.8 Å². The molecule has 80 valence electrons. The number of thioether (sulfide) groups is 1. The number of hydrogen-bond donors (Lipinski definition) is 2. The largest absolute Gasteiger partial charge is 0.398 e. The molecule has 1 aromatic heterocycles. The highest BCUT2D eigenvalue weighted by Crippen LogP contribution is 2.28. The van der Waals surface area contributed by atoms with E-state index in [1.54, 1.807) is 25.1 Å². The van der Waals surface area contributed by atoms with Gasteiger partial charge in [0.1, 0.15) is 0 Å². The number of nitrogens with two attached hydrogens (primary N) is 1. The minimum absolute atomic E-state index is 0.727. The first-order valence-corrected chi connectivity index (χ1v) is 5.64. The van der Waals surface area contributed by atoms with E-state index in [1.165, 1.54) is 0 Å². The molecule has 0 amide bonds. The zero-order valence-electron chi connectivity index (χ0n) is 8.49. The van der Waals surface area contributed by atoms with E-state index in [4.69, 9.17) is 10.5 Å².